The van der Waals surface area contributed by atoms with Crippen LogP contribution in [0.5, 0.6) is 173 Å². The summed E-state index contributed by atoms with van der Waals surface area (Å²) in [6, 6.07) is 76.4. The van der Waals surface area contributed by atoms with Gasteiger partial charge >= 0.3 is 0 Å². The van der Waals surface area contributed by atoms with Crippen LogP contribution in [0.15, 0.2) is 261 Å². The number of aromatic nitrogens is 1. The molecule has 1 aromatic heterocycles. The molecule has 0 atom stereocenters. The van der Waals surface area contributed by atoms with Gasteiger partial charge in [-0.2, -0.15) is 4.98 Å². The van der Waals surface area contributed by atoms with E-state index in [-0.39, 0.29) is 117 Å². The molecule has 0 aliphatic carbocycles. The number of hydrogen-bond acceptors (Lipinski definition) is 33. The molecule has 38 heteroatoms. The van der Waals surface area contributed by atoms with Crippen LogP contribution in [0.4, 0.5) is 17.1 Å². The third-order valence-corrected chi connectivity index (χ3v) is 22.2. The Labute approximate surface area is 806 Å². The third-order valence-electron chi connectivity index (χ3n) is 22.2. The molecule has 14 aromatic rings. The first kappa shape index (κ1) is 89.5. The Bertz CT molecular complexity index is 7030. The second-order valence-corrected chi connectivity index (χ2v) is 31.5. The topological polar surface area (TPSA) is 408 Å². The van der Waals surface area contributed by atoms with Crippen molar-refractivity contribution < 1.29 is 152 Å². The highest BCUT2D eigenvalue weighted by atomic mass is 16.7. The normalized spacial score (nSPS) is 13.8. The van der Waals surface area contributed by atoms with Crippen LogP contribution in [-0.2, 0) is 24.2 Å². The number of rotatable bonds is 20. The van der Waals surface area contributed by atoms with E-state index in [0.717, 1.165) is 33.9 Å². The van der Waals surface area contributed by atoms with Gasteiger partial charge in [-0.1, -0.05) is 36.4 Å². The minimum atomic E-state index is -0.278. The van der Waals surface area contributed by atoms with Crippen molar-refractivity contribution in [2.75, 3.05) is 104 Å². The zero-order valence-corrected chi connectivity index (χ0v) is 74.7. The largest absolute Gasteiger partial charge is 0.455 e. The quantitative estimate of drug-likeness (QED) is 0.0473. The Morgan fingerprint density at radius 2 is 0.535 bits per heavy atom. The molecule has 5 N–H and O–H groups in total. The fourth-order valence-electron chi connectivity index (χ4n) is 15.2. The number of fused-ring (bicyclic) bond motifs is 12. The number of anilines is 3. The van der Waals surface area contributed by atoms with Gasteiger partial charge in [-0.25, -0.2) is 0 Å². The molecular weight excluding hydrogens is 1850 g/mol. The summed E-state index contributed by atoms with van der Waals surface area (Å²) in [5.74, 6) is 18.1. The van der Waals surface area contributed by atoms with Crippen LogP contribution in [0, 0.1) is 0 Å². The van der Waals surface area contributed by atoms with E-state index in [1.807, 2.05) is 66.7 Å². The summed E-state index contributed by atoms with van der Waals surface area (Å²) >= 11 is 0. The average Bonchev–Trinajstić information content (AvgIpc) is 1.59. The third kappa shape index (κ3) is 21.4. The van der Waals surface area contributed by atoms with Crippen molar-refractivity contribution >= 4 is 46.6 Å². The number of carbonyl (C=O) groups excluding carboxylic acids is 5. The van der Waals surface area contributed by atoms with Gasteiger partial charge in [0.15, 0.2) is 144 Å². The zero-order chi connectivity index (χ0) is 96.0. The van der Waals surface area contributed by atoms with E-state index in [4.69, 9.17) is 128 Å². The molecule has 0 saturated heterocycles. The molecule has 718 valence electrons. The van der Waals surface area contributed by atoms with E-state index in [9.17, 15) is 24.0 Å². The average molecular weight is 1930 g/mol. The summed E-state index contributed by atoms with van der Waals surface area (Å²) in [7, 11) is 0. The molecule has 0 radical (unpaired) electrons. The summed E-state index contributed by atoms with van der Waals surface area (Å²) < 4.78 is 144. The maximum atomic E-state index is 12.7. The zero-order valence-electron chi connectivity index (χ0n) is 74.7. The molecular formula is C104H80N6O32. The molecule has 13 aromatic carbocycles. The second-order valence-electron chi connectivity index (χ2n) is 31.5. The van der Waals surface area contributed by atoms with Crippen molar-refractivity contribution in [2.24, 2.45) is 0 Å². The van der Waals surface area contributed by atoms with Crippen LogP contribution >= 0.6 is 0 Å². The molecule has 0 saturated carbocycles. The van der Waals surface area contributed by atoms with Crippen LogP contribution in [0.3, 0.4) is 0 Å². The van der Waals surface area contributed by atoms with E-state index in [1.54, 1.807) is 194 Å². The van der Waals surface area contributed by atoms with Crippen LogP contribution in [0.2, 0.25) is 0 Å². The highest BCUT2D eigenvalue weighted by Gasteiger charge is 2.28. The van der Waals surface area contributed by atoms with E-state index in [0.29, 0.717) is 214 Å². The van der Waals surface area contributed by atoms with Gasteiger partial charge in [0.25, 0.3) is 23.6 Å². The fourth-order valence-corrected chi connectivity index (χ4v) is 15.2. The maximum Gasteiger partial charge on any atom is 0.255 e. The predicted octanol–water partition coefficient (Wildman–Crippen LogP) is 17.2. The number of nitrogens with zero attached hydrogens (tertiary/aromatic N) is 1. The van der Waals surface area contributed by atoms with E-state index in [1.165, 1.54) is 0 Å². The fraction of sp³-hybridized carbons (Fsp3) is 0.154. The monoisotopic (exact) mass is 1920 g/mol. The van der Waals surface area contributed by atoms with Crippen molar-refractivity contribution in [3.05, 3.63) is 300 Å². The number of ether oxygens (including phenoxy) is 27. The maximum absolute atomic E-state index is 12.7. The van der Waals surface area contributed by atoms with Gasteiger partial charge in [0, 0.05) is 89.2 Å². The van der Waals surface area contributed by atoms with Crippen LogP contribution in [0.1, 0.15) is 58.1 Å². The number of para-hydroxylation sites is 2. The summed E-state index contributed by atoms with van der Waals surface area (Å²) in [5, 5.41) is 14.3. The van der Waals surface area contributed by atoms with Crippen molar-refractivity contribution in [1.29, 1.82) is 0 Å². The number of pyridine rings is 1. The summed E-state index contributed by atoms with van der Waals surface area (Å²) in [4.78, 5) is 65.8. The molecule has 0 bridgehead atoms. The van der Waals surface area contributed by atoms with Crippen molar-refractivity contribution in [1.82, 2.24) is 15.6 Å². The molecule has 142 heavy (non-hydrogen) atoms. The highest BCUT2D eigenvalue weighted by molar-refractivity contribution is 6.06. The number of nitrogens with one attached hydrogen (secondary N) is 5. The summed E-state index contributed by atoms with van der Waals surface area (Å²) in [6.45, 7) is 3.45. The molecule has 0 unspecified atom stereocenters. The minimum Gasteiger partial charge on any atom is -0.455 e. The Morgan fingerprint density at radius 1 is 0.239 bits per heavy atom. The molecule has 0 fully saturated rings. The van der Waals surface area contributed by atoms with Gasteiger partial charge in [0.05, 0.1) is 12.1 Å². The first-order chi connectivity index (χ1) is 69.7. The van der Waals surface area contributed by atoms with Crippen molar-refractivity contribution in [3.63, 3.8) is 0 Å². The predicted molar refractivity (Wildman–Crippen MR) is 497 cm³/mol. The SMILES string of the molecule is O=C(Cc1ccc2c(c1)OCO2)Nc1ccc2c(c1)OCO2.O=C(NCCc1ccc2c(c1)OCO2)c1ccc2c(c1)OCO2.O=C(NCc1ccc2c(c1)OCO2)c1ccc2c(c1)OCO2.O=C(Nc1ccc2c(c1)OCO2)c1ccc2c(c1)OCO2.O=C(Nc1ccccc1Oc1ccc2c(c1)OCO2)c1ccc2c(c1)OCO2.c1cc(Oc2ccc3c(c2)OCO3)nc(Oc2ccc3c(c2)OCO3)c1. The van der Waals surface area contributed by atoms with E-state index >= 15 is 0 Å². The van der Waals surface area contributed by atoms with Gasteiger partial charge in [0.1, 0.15) is 17.2 Å². The number of hydrogen-bond donors (Lipinski definition) is 5. The lowest BCUT2D eigenvalue weighted by atomic mass is 10.1. The van der Waals surface area contributed by atoms with Gasteiger partial charge in [-0.05, 0) is 205 Å². The lowest BCUT2D eigenvalue weighted by Crippen LogP contribution is -2.25. The molecule has 38 nitrogen and oxygen atoms in total. The Balaban J connectivity index is 0.000000101. The number of carbonyl (C=O) groups is 5. The van der Waals surface area contributed by atoms with Gasteiger partial charge in [0.2, 0.25) is 99.2 Å². The molecule has 12 aliphatic rings. The lowest BCUT2D eigenvalue weighted by molar-refractivity contribution is -0.115. The molecule has 13 heterocycles. The van der Waals surface area contributed by atoms with Gasteiger partial charge in [-0.15, -0.1) is 0 Å². The highest BCUT2D eigenvalue weighted by Crippen LogP contribution is 2.46. The lowest BCUT2D eigenvalue weighted by Gasteiger charge is -2.13. The number of amides is 5. The van der Waals surface area contributed by atoms with Crippen LogP contribution in [-0.4, -0.2) is 123 Å². The first-order valence-corrected chi connectivity index (χ1v) is 44.1. The molecule has 0 spiro atoms. The summed E-state index contributed by atoms with van der Waals surface area (Å²) in [5.41, 5.74) is 6.80. The Kier molecular flexibility index (Phi) is 26.0. The Hall–Kier alpha value is -19.0. The van der Waals surface area contributed by atoms with Crippen molar-refractivity contribution in [2.45, 2.75) is 19.4 Å². The standard InChI is InChI=1S/C21H15NO6.C19H13NO6.C17H15NO5.2C16H13NO5.C15H11NO5/c23-21(13-5-7-17-19(9-13)26-11-24-17)22-15-3-1-2-4-16(15)28-14-6-8-18-20(10-14)27-12-25-18;1-2-18(25-12-4-6-14-16(8-12)23-10-21-14)20-19(3-1)26-13-5-7-15-17(9-13)24-11-22-15;19-17(12-2-4-14-16(8-12)23-10-21-14)18-6-5-11-1-3-13-15(7-11)22-9-20-13;18-16(11-2-4-13-15(6-11)22-9-20-13)17-7-10-1-3-12-14(5-10)21-8-19-12;18-16(6-10-1-3-12-14(5-10)21-8-19-12)17-11-2-4-13-15(7-11)22-9-20-13;17-15(9-1-3-11-13(5-9)20-7-18-11)16-10-2-4-12-14(6-10)21-8-19-12/h1-10H,11-12H2,(H,22,23);1-9H,10-11H2;1-4,7-8H,5-6,9-10H2,(H,18,19);1-6H,7-9H2,(H,17,18);1-5,7H,6,8-9H2,(H,17,18);1-6H,7-8H2,(H,16,17). The Morgan fingerprint density at radius 3 is 0.951 bits per heavy atom. The van der Waals surface area contributed by atoms with Crippen LogP contribution < -0.4 is 154 Å². The molecule has 5 amide bonds. The van der Waals surface area contributed by atoms with Gasteiger partial charge in [-0.3, -0.25) is 24.0 Å². The van der Waals surface area contributed by atoms with Gasteiger partial charge < -0.3 is 154 Å². The first-order valence-electron chi connectivity index (χ1n) is 44.1. The van der Waals surface area contributed by atoms with Crippen LogP contribution in [0.25, 0.3) is 0 Å². The molecule has 26 rings (SSSR count). The van der Waals surface area contributed by atoms with E-state index in [2.05, 4.69) is 31.6 Å². The molecule has 12 aliphatic heterocycles. The van der Waals surface area contributed by atoms with Crippen molar-refractivity contribution in [3.8, 4) is 173 Å². The summed E-state index contributed by atoms with van der Waals surface area (Å²) in [6.07, 6.45) is 0.970. The minimum absolute atomic E-state index is 0.113. The second kappa shape index (κ2) is 41.3. The van der Waals surface area contributed by atoms with E-state index < -0.39 is 0 Å². The number of benzene rings is 13. The smallest absolute Gasteiger partial charge is 0.255 e.